The van der Waals surface area contributed by atoms with Gasteiger partial charge in [0.15, 0.2) is 11.5 Å². The monoisotopic (exact) mass is 412 g/mol. The third-order valence-electron chi connectivity index (χ3n) is 4.80. The maximum absolute atomic E-state index is 13.2. The molecule has 0 amide bonds. The van der Waals surface area contributed by atoms with Crippen molar-refractivity contribution in [3.05, 3.63) is 59.7 Å². The number of hydrogen-bond acceptors (Lipinski definition) is 4. The number of benzene rings is 2. The molecule has 28 heavy (non-hydrogen) atoms. The zero-order chi connectivity index (χ0) is 19.1. The largest absolute Gasteiger partial charge is 0.493 e. The van der Waals surface area contributed by atoms with E-state index in [-0.39, 0.29) is 24.9 Å². The summed E-state index contributed by atoms with van der Waals surface area (Å²) in [6, 6.07) is 15.0. The van der Waals surface area contributed by atoms with Gasteiger partial charge >= 0.3 is 0 Å². The summed E-state index contributed by atoms with van der Waals surface area (Å²) in [6.45, 7) is 3.53. The molecule has 3 rings (SSSR count). The van der Waals surface area contributed by atoms with Gasteiger partial charge in [-0.3, -0.25) is 4.90 Å². The third kappa shape index (κ3) is 6.06. The number of piperazine rings is 1. The Bertz CT molecular complexity index is 713. The number of halogens is 3. The summed E-state index contributed by atoms with van der Waals surface area (Å²) in [7, 11) is 1.58. The van der Waals surface area contributed by atoms with Gasteiger partial charge in [-0.15, -0.1) is 12.4 Å². The van der Waals surface area contributed by atoms with Crippen molar-refractivity contribution in [1.29, 1.82) is 0 Å². The van der Waals surface area contributed by atoms with Crippen LogP contribution in [0.15, 0.2) is 48.5 Å². The lowest BCUT2D eigenvalue weighted by Gasteiger charge is -2.35. The molecule has 0 saturated carbocycles. The van der Waals surface area contributed by atoms with E-state index in [1.165, 1.54) is 0 Å². The van der Waals surface area contributed by atoms with Gasteiger partial charge in [0.25, 0.3) is 0 Å². The van der Waals surface area contributed by atoms with Crippen molar-refractivity contribution in [3.63, 3.8) is 0 Å². The van der Waals surface area contributed by atoms with Crippen LogP contribution < -0.4 is 14.8 Å². The third-order valence-corrected chi connectivity index (χ3v) is 4.80. The Kier molecular flexibility index (Phi) is 8.96. The Hall–Kier alpha value is -1.89. The molecule has 1 aliphatic heterocycles. The molecule has 154 valence electrons. The van der Waals surface area contributed by atoms with Gasteiger partial charge in [-0.25, -0.2) is 8.78 Å². The number of rotatable bonds is 8. The number of nitrogens with one attached hydrogen (secondary N) is 1. The topological polar surface area (TPSA) is 33.7 Å². The summed E-state index contributed by atoms with van der Waals surface area (Å²) in [5, 5.41) is 3.27. The smallest absolute Gasteiger partial charge is 0.240 e. The van der Waals surface area contributed by atoms with Gasteiger partial charge in [0.2, 0.25) is 6.43 Å². The summed E-state index contributed by atoms with van der Waals surface area (Å²) >= 11 is 0. The highest BCUT2D eigenvalue weighted by atomic mass is 35.5. The number of alkyl halides is 2. The van der Waals surface area contributed by atoms with E-state index in [1.54, 1.807) is 13.2 Å². The van der Waals surface area contributed by atoms with Crippen LogP contribution in [0.3, 0.4) is 0 Å². The molecule has 1 atom stereocenters. The molecule has 4 nitrogen and oxygen atoms in total. The Morgan fingerprint density at radius 3 is 2.39 bits per heavy atom. The van der Waals surface area contributed by atoms with E-state index in [2.05, 4.69) is 10.2 Å². The number of hydrogen-bond donors (Lipinski definition) is 1. The van der Waals surface area contributed by atoms with Crippen molar-refractivity contribution in [2.45, 2.75) is 25.5 Å². The molecule has 0 unspecified atom stereocenters. The van der Waals surface area contributed by atoms with Gasteiger partial charge in [-0.05, 0) is 23.3 Å². The SMILES string of the molecule is COc1ccc([C@@H](CC(F)F)N2CCNCC2)cc1OCc1ccccc1.Cl. The van der Waals surface area contributed by atoms with E-state index in [4.69, 9.17) is 9.47 Å². The van der Waals surface area contributed by atoms with E-state index in [1.807, 2.05) is 42.5 Å². The fourth-order valence-corrected chi connectivity index (χ4v) is 3.41. The van der Waals surface area contributed by atoms with Gasteiger partial charge in [-0.2, -0.15) is 0 Å². The van der Waals surface area contributed by atoms with Crippen LogP contribution in [0.2, 0.25) is 0 Å². The number of ether oxygens (including phenoxy) is 2. The highest BCUT2D eigenvalue weighted by Crippen LogP contribution is 2.35. The lowest BCUT2D eigenvalue weighted by molar-refractivity contribution is 0.0737. The lowest BCUT2D eigenvalue weighted by Crippen LogP contribution is -2.45. The maximum Gasteiger partial charge on any atom is 0.240 e. The minimum Gasteiger partial charge on any atom is -0.493 e. The second-order valence-corrected chi connectivity index (χ2v) is 6.61. The molecule has 0 aromatic heterocycles. The summed E-state index contributed by atoms with van der Waals surface area (Å²) in [6.07, 6.45) is -2.55. The van der Waals surface area contributed by atoms with Crippen LogP contribution in [0.5, 0.6) is 11.5 Å². The molecule has 1 heterocycles. The molecule has 0 radical (unpaired) electrons. The van der Waals surface area contributed by atoms with E-state index in [0.29, 0.717) is 18.1 Å². The summed E-state index contributed by atoms with van der Waals surface area (Å²) in [5.41, 5.74) is 1.87. The van der Waals surface area contributed by atoms with Gasteiger partial charge in [0, 0.05) is 38.6 Å². The van der Waals surface area contributed by atoms with Crippen LogP contribution in [0.25, 0.3) is 0 Å². The number of nitrogens with zero attached hydrogens (tertiary/aromatic N) is 1. The summed E-state index contributed by atoms with van der Waals surface area (Å²) in [5.74, 6) is 1.18. The molecular formula is C21H27ClF2N2O2. The van der Waals surface area contributed by atoms with Crippen LogP contribution in [0, 0.1) is 0 Å². The van der Waals surface area contributed by atoms with Gasteiger partial charge in [-0.1, -0.05) is 36.4 Å². The maximum atomic E-state index is 13.2. The average Bonchev–Trinajstić information content (AvgIpc) is 2.71. The molecule has 2 aromatic carbocycles. The highest BCUT2D eigenvalue weighted by molar-refractivity contribution is 5.85. The Labute approximate surface area is 171 Å². The first-order chi connectivity index (χ1) is 13.2. The minimum atomic E-state index is -2.36. The van der Waals surface area contributed by atoms with Crippen molar-refractivity contribution in [3.8, 4) is 11.5 Å². The van der Waals surface area contributed by atoms with Gasteiger partial charge in [0.05, 0.1) is 7.11 Å². The van der Waals surface area contributed by atoms with Crippen molar-refractivity contribution >= 4 is 12.4 Å². The number of methoxy groups -OCH3 is 1. The van der Waals surface area contributed by atoms with Crippen molar-refractivity contribution < 1.29 is 18.3 Å². The summed E-state index contributed by atoms with van der Waals surface area (Å²) in [4.78, 5) is 2.12. The Morgan fingerprint density at radius 1 is 1.04 bits per heavy atom. The molecule has 1 saturated heterocycles. The highest BCUT2D eigenvalue weighted by Gasteiger charge is 2.26. The lowest BCUT2D eigenvalue weighted by atomic mass is 10.0. The Morgan fingerprint density at radius 2 is 1.75 bits per heavy atom. The van der Waals surface area contributed by atoms with Crippen molar-refractivity contribution in [1.82, 2.24) is 10.2 Å². The van der Waals surface area contributed by atoms with E-state index >= 15 is 0 Å². The van der Waals surface area contributed by atoms with E-state index < -0.39 is 6.43 Å². The molecule has 0 bridgehead atoms. The zero-order valence-corrected chi connectivity index (χ0v) is 16.8. The predicted octanol–water partition coefficient (Wildman–Crippen LogP) is 4.30. The predicted molar refractivity (Wildman–Crippen MR) is 109 cm³/mol. The molecule has 1 N–H and O–H groups in total. The first kappa shape index (κ1) is 22.4. The van der Waals surface area contributed by atoms with Crippen LogP contribution >= 0.6 is 12.4 Å². The summed E-state index contributed by atoms with van der Waals surface area (Å²) < 4.78 is 37.8. The quantitative estimate of drug-likeness (QED) is 0.701. The fraction of sp³-hybridized carbons (Fsp3) is 0.429. The standard InChI is InChI=1S/C21H26F2N2O2.ClH/c1-26-19-8-7-17(13-20(19)27-15-16-5-3-2-4-6-16)18(14-21(22)23)25-11-9-24-10-12-25;/h2-8,13,18,21,24H,9-12,14-15H2,1H3;1H/t18-;/m1./s1. The second kappa shape index (κ2) is 11.2. The molecule has 7 heteroatoms. The first-order valence-corrected chi connectivity index (χ1v) is 9.25. The van der Waals surface area contributed by atoms with Gasteiger partial charge in [0.1, 0.15) is 6.61 Å². The van der Waals surface area contributed by atoms with Crippen LogP contribution in [-0.4, -0.2) is 44.6 Å². The van der Waals surface area contributed by atoms with E-state index in [0.717, 1.165) is 37.3 Å². The molecule has 0 aliphatic carbocycles. The molecule has 1 fully saturated rings. The molecular weight excluding hydrogens is 386 g/mol. The average molecular weight is 413 g/mol. The van der Waals surface area contributed by atoms with Crippen LogP contribution in [0.1, 0.15) is 23.6 Å². The van der Waals surface area contributed by atoms with Crippen molar-refractivity contribution in [2.24, 2.45) is 0 Å². The molecule has 0 spiro atoms. The first-order valence-electron chi connectivity index (χ1n) is 9.25. The molecule has 1 aliphatic rings. The fourth-order valence-electron chi connectivity index (χ4n) is 3.41. The molecule has 2 aromatic rings. The van der Waals surface area contributed by atoms with E-state index in [9.17, 15) is 8.78 Å². The minimum absolute atomic E-state index is 0. The van der Waals surface area contributed by atoms with Crippen molar-refractivity contribution in [2.75, 3.05) is 33.3 Å². The zero-order valence-electron chi connectivity index (χ0n) is 15.9. The normalized spacial score (nSPS) is 15.7. The van der Waals surface area contributed by atoms with Gasteiger partial charge < -0.3 is 14.8 Å². The second-order valence-electron chi connectivity index (χ2n) is 6.61. The van der Waals surface area contributed by atoms with Crippen LogP contribution in [0.4, 0.5) is 8.78 Å². The Balaban J connectivity index is 0.00000280. The van der Waals surface area contributed by atoms with Crippen LogP contribution in [-0.2, 0) is 6.61 Å².